The highest BCUT2D eigenvalue weighted by Crippen LogP contribution is 2.23. The predicted molar refractivity (Wildman–Crippen MR) is 102 cm³/mol. The first-order valence-corrected chi connectivity index (χ1v) is 8.60. The molecule has 3 aromatic rings. The van der Waals surface area contributed by atoms with Crippen molar-refractivity contribution in [3.8, 4) is 0 Å². The van der Waals surface area contributed by atoms with E-state index in [0.29, 0.717) is 5.69 Å². The maximum Gasteiger partial charge on any atom is 0.270 e. The van der Waals surface area contributed by atoms with Gasteiger partial charge in [0.05, 0.1) is 11.7 Å². The minimum atomic E-state index is -0.105. The van der Waals surface area contributed by atoms with Gasteiger partial charge in [-0.1, -0.05) is 57.2 Å². The molecule has 130 valence electrons. The third-order valence-corrected chi connectivity index (χ3v) is 4.50. The Labute approximate surface area is 148 Å². The minimum absolute atomic E-state index is 0.0786. The van der Waals surface area contributed by atoms with Crippen molar-refractivity contribution in [1.29, 1.82) is 0 Å². The van der Waals surface area contributed by atoms with Gasteiger partial charge in [-0.2, -0.15) is 5.10 Å². The van der Waals surface area contributed by atoms with Crippen molar-refractivity contribution < 1.29 is 4.79 Å². The maximum atomic E-state index is 12.7. The molecule has 4 nitrogen and oxygen atoms in total. The third kappa shape index (κ3) is 3.58. The number of fused-ring (bicyclic) bond motifs is 1. The lowest BCUT2D eigenvalue weighted by Crippen LogP contribution is -2.28. The van der Waals surface area contributed by atoms with E-state index in [0.717, 1.165) is 11.3 Å². The molecule has 1 atom stereocenters. The molecule has 25 heavy (non-hydrogen) atoms. The van der Waals surface area contributed by atoms with Crippen molar-refractivity contribution in [2.75, 3.05) is 0 Å². The van der Waals surface area contributed by atoms with Gasteiger partial charge in [0.2, 0.25) is 0 Å². The zero-order valence-corrected chi connectivity index (χ0v) is 15.5. The molecule has 0 aliphatic carbocycles. The summed E-state index contributed by atoms with van der Waals surface area (Å²) >= 11 is 0. The average Bonchev–Trinajstić information content (AvgIpc) is 2.96. The van der Waals surface area contributed by atoms with Crippen molar-refractivity contribution in [2.45, 2.75) is 39.2 Å². The topological polar surface area (TPSA) is 46.9 Å². The third-order valence-electron chi connectivity index (χ3n) is 4.50. The number of carbonyl (C=O) groups excluding carboxylic acids is 1. The molecule has 0 radical (unpaired) electrons. The van der Waals surface area contributed by atoms with Crippen LogP contribution in [0.2, 0.25) is 0 Å². The van der Waals surface area contributed by atoms with E-state index in [2.05, 4.69) is 61.5 Å². The molecule has 0 fully saturated rings. The molecule has 4 heteroatoms. The molecule has 3 rings (SSSR count). The van der Waals surface area contributed by atoms with Crippen molar-refractivity contribution in [3.63, 3.8) is 0 Å². The van der Waals surface area contributed by atoms with E-state index in [-0.39, 0.29) is 17.4 Å². The lowest BCUT2D eigenvalue weighted by Gasteiger charge is -2.15. The summed E-state index contributed by atoms with van der Waals surface area (Å²) < 4.78 is 1.66. The van der Waals surface area contributed by atoms with Gasteiger partial charge < -0.3 is 5.32 Å². The Hall–Kier alpha value is -2.62. The van der Waals surface area contributed by atoms with Crippen LogP contribution in [0.3, 0.4) is 0 Å². The first kappa shape index (κ1) is 17.2. The van der Waals surface area contributed by atoms with Crippen LogP contribution in [0, 0.1) is 0 Å². The van der Waals surface area contributed by atoms with Crippen LogP contribution in [0.5, 0.6) is 0 Å². The summed E-state index contributed by atoms with van der Waals surface area (Å²) in [6.07, 6.45) is 0. The molecule has 0 spiro atoms. The summed E-state index contributed by atoms with van der Waals surface area (Å²) in [5, 5.41) is 9.94. The van der Waals surface area contributed by atoms with Gasteiger partial charge in [0.1, 0.15) is 5.69 Å². The number of hydrogen-bond donors (Lipinski definition) is 1. The first-order valence-electron chi connectivity index (χ1n) is 8.60. The number of hydrogen-bond acceptors (Lipinski definition) is 2. The summed E-state index contributed by atoms with van der Waals surface area (Å²) in [4.78, 5) is 12.7. The fourth-order valence-electron chi connectivity index (χ4n) is 2.88. The van der Waals surface area contributed by atoms with E-state index < -0.39 is 0 Å². The Morgan fingerprint density at radius 3 is 2.40 bits per heavy atom. The minimum Gasteiger partial charge on any atom is -0.344 e. The molecular weight excluding hydrogens is 310 g/mol. The molecule has 1 heterocycles. The second kappa shape index (κ2) is 6.36. The first-order chi connectivity index (χ1) is 11.8. The SMILES string of the molecule is CC(NC(=O)c1cc(C(C)(C)C)nn1C)c1ccc2ccccc2c1. The maximum absolute atomic E-state index is 12.7. The Morgan fingerprint density at radius 1 is 1.08 bits per heavy atom. The van der Waals surface area contributed by atoms with Gasteiger partial charge in [-0.15, -0.1) is 0 Å². The number of aryl methyl sites for hydroxylation is 1. The zero-order chi connectivity index (χ0) is 18.2. The van der Waals surface area contributed by atoms with Crippen LogP contribution >= 0.6 is 0 Å². The van der Waals surface area contributed by atoms with Crippen LogP contribution in [0.25, 0.3) is 10.8 Å². The Morgan fingerprint density at radius 2 is 1.76 bits per heavy atom. The van der Waals surface area contributed by atoms with Crippen LogP contribution in [0.1, 0.15) is 55.5 Å². The largest absolute Gasteiger partial charge is 0.344 e. The lowest BCUT2D eigenvalue weighted by molar-refractivity contribution is 0.0930. The van der Waals surface area contributed by atoms with Crippen LogP contribution in [0.4, 0.5) is 0 Å². The smallest absolute Gasteiger partial charge is 0.270 e. The monoisotopic (exact) mass is 335 g/mol. The number of nitrogens with zero attached hydrogens (tertiary/aromatic N) is 2. The fourth-order valence-corrected chi connectivity index (χ4v) is 2.88. The Kier molecular flexibility index (Phi) is 4.38. The van der Waals surface area contributed by atoms with Gasteiger partial charge in [0.25, 0.3) is 5.91 Å². The van der Waals surface area contributed by atoms with Crippen molar-refractivity contribution >= 4 is 16.7 Å². The average molecular weight is 335 g/mol. The number of carbonyl (C=O) groups is 1. The summed E-state index contributed by atoms with van der Waals surface area (Å²) in [5.41, 5.74) is 2.50. The standard InChI is InChI=1S/C21H25N3O/c1-14(16-11-10-15-8-6-7-9-17(15)12-16)22-20(25)18-13-19(21(2,3)4)23-24(18)5/h6-14H,1-5H3,(H,22,25). The van der Waals surface area contributed by atoms with Crippen LogP contribution < -0.4 is 5.32 Å². The van der Waals surface area contributed by atoms with E-state index in [1.807, 2.05) is 32.2 Å². The van der Waals surface area contributed by atoms with Gasteiger partial charge in [0, 0.05) is 12.5 Å². The molecule has 2 aromatic carbocycles. The van der Waals surface area contributed by atoms with Crippen molar-refractivity contribution in [3.05, 3.63) is 65.5 Å². The van der Waals surface area contributed by atoms with Gasteiger partial charge in [-0.05, 0) is 35.4 Å². The normalized spacial score (nSPS) is 13.0. The molecule has 1 amide bonds. The van der Waals surface area contributed by atoms with Crippen molar-refractivity contribution in [1.82, 2.24) is 15.1 Å². The van der Waals surface area contributed by atoms with Crippen LogP contribution in [-0.4, -0.2) is 15.7 Å². The molecule has 0 aliphatic heterocycles. The lowest BCUT2D eigenvalue weighted by atomic mass is 9.92. The van der Waals surface area contributed by atoms with Gasteiger partial charge in [-0.25, -0.2) is 0 Å². The summed E-state index contributed by atoms with van der Waals surface area (Å²) in [7, 11) is 1.81. The second-order valence-corrected chi connectivity index (χ2v) is 7.59. The van der Waals surface area contributed by atoms with E-state index in [1.54, 1.807) is 4.68 Å². The Bertz CT molecular complexity index is 918. The summed E-state index contributed by atoms with van der Waals surface area (Å²) in [5.74, 6) is -0.105. The second-order valence-electron chi connectivity index (χ2n) is 7.59. The summed E-state index contributed by atoms with van der Waals surface area (Å²) in [6, 6.07) is 16.3. The van der Waals surface area contributed by atoms with Crippen LogP contribution in [0.15, 0.2) is 48.5 Å². The Balaban J connectivity index is 1.81. The quantitative estimate of drug-likeness (QED) is 0.773. The number of nitrogens with one attached hydrogen (secondary N) is 1. The molecule has 0 saturated carbocycles. The van der Waals surface area contributed by atoms with Crippen molar-refractivity contribution in [2.24, 2.45) is 7.05 Å². The highest BCUT2D eigenvalue weighted by Gasteiger charge is 2.22. The van der Waals surface area contributed by atoms with E-state index in [9.17, 15) is 4.79 Å². The number of benzene rings is 2. The number of rotatable bonds is 3. The molecule has 0 aliphatic rings. The van der Waals surface area contributed by atoms with Crippen LogP contribution in [-0.2, 0) is 12.5 Å². The highest BCUT2D eigenvalue weighted by molar-refractivity contribution is 5.93. The van der Waals surface area contributed by atoms with E-state index in [1.165, 1.54) is 10.8 Å². The van der Waals surface area contributed by atoms with Gasteiger partial charge in [0.15, 0.2) is 0 Å². The molecule has 1 N–H and O–H groups in total. The zero-order valence-electron chi connectivity index (χ0n) is 15.5. The molecule has 0 saturated heterocycles. The summed E-state index contributed by atoms with van der Waals surface area (Å²) in [6.45, 7) is 8.28. The number of amides is 1. The molecule has 0 bridgehead atoms. The van der Waals surface area contributed by atoms with Gasteiger partial charge >= 0.3 is 0 Å². The number of aromatic nitrogens is 2. The molecule has 1 unspecified atom stereocenters. The molecular formula is C21H25N3O. The van der Waals surface area contributed by atoms with E-state index >= 15 is 0 Å². The van der Waals surface area contributed by atoms with E-state index in [4.69, 9.17) is 0 Å². The molecule has 1 aromatic heterocycles. The predicted octanol–water partition coefficient (Wildman–Crippen LogP) is 4.36. The fraction of sp³-hybridized carbons (Fsp3) is 0.333. The van der Waals surface area contributed by atoms with Gasteiger partial charge in [-0.3, -0.25) is 9.48 Å². The highest BCUT2D eigenvalue weighted by atomic mass is 16.2.